The van der Waals surface area contributed by atoms with Gasteiger partial charge in [-0.2, -0.15) is 0 Å². The van der Waals surface area contributed by atoms with Gasteiger partial charge in [0.1, 0.15) is 0 Å². The van der Waals surface area contributed by atoms with Crippen LogP contribution in [0.4, 0.5) is 0 Å². The Balaban J connectivity index is 1.86. The van der Waals surface area contributed by atoms with Crippen LogP contribution in [0, 0.1) is 0 Å². The molecule has 1 aromatic heterocycles. The highest BCUT2D eigenvalue weighted by molar-refractivity contribution is 7.99. The molecule has 3 aromatic rings. The molecule has 1 heterocycles. The number of rotatable bonds is 8. The highest BCUT2D eigenvalue weighted by Gasteiger charge is 2.28. The quantitative estimate of drug-likeness (QED) is 0.396. The van der Waals surface area contributed by atoms with Crippen molar-refractivity contribution in [2.24, 2.45) is 0 Å². The Morgan fingerprint density at radius 1 is 1.06 bits per heavy atom. The third-order valence-electron chi connectivity index (χ3n) is 5.51. The maximum Gasteiger partial charge on any atom is 0.233 e. The van der Waals surface area contributed by atoms with Crippen LogP contribution in [0.1, 0.15) is 45.1 Å². The molecule has 0 saturated carbocycles. The molecule has 3 rings (SSSR count). The number of aromatic nitrogens is 3. The molecule has 6 nitrogen and oxygen atoms in total. The smallest absolute Gasteiger partial charge is 0.233 e. The van der Waals surface area contributed by atoms with Gasteiger partial charge >= 0.3 is 0 Å². The van der Waals surface area contributed by atoms with Crippen LogP contribution in [-0.4, -0.2) is 55.9 Å². The van der Waals surface area contributed by atoms with Gasteiger partial charge in [-0.1, -0.05) is 53.7 Å². The number of hydrogen-bond acceptors (Lipinski definition) is 5. The minimum Gasteiger partial charge on any atom is -0.333 e. The van der Waals surface area contributed by atoms with E-state index < -0.39 is 0 Å². The molecule has 0 aliphatic heterocycles. The zero-order valence-corrected chi connectivity index (χ0v) is 21.7. The predicted octanol–water partition coefficient (Wildman–Crippen LogP) is 5.46. The van der Waals surface area contributed by atoms with Gasteiger partial charge in [0.2, 0.25) is 5.91 Å². The minimum absolute atomic E-state index is 0.0439. The SMILES string of the molecule is CC(c1nnc(SCC(=O)N(Cc2ccccc2)C(C)(C)C)n1-c1ccc(Cl)cc1)N(C)C. The summed E-state index contributed by atoms with van der Waals surface area (Å²) in [6, 6.07) is 17.7. The summed E-state index contributed by atoms with van der Waals surface area (Å²) in [5, 5.41) is 10.3. The fraction of sp³-hybridized carbons (Fsp3) is 0.400. The molecule has 0 aliphatic rings. The van der Waals surface area contributed by atoms with Gasteiger partial charge in [-0.05, 0) is 71.6 Å². The second-order valence-corrected chi connectivity index (χ2v) is 10.6. The number of hydrogen-bond donors (Lipinski definition) is 0. The zero-order chi connectivity index (χ0) is 24.2. The number of nitrogens with zero attached hydrogens (tertiary/aromatic N) is 5. The number of halogens is 1. The molecular formula is C25H32ClN5OS. The van der Waals surface area contributed by atoms with Crippen molar-refractivity contribution in [1.82, 2.24) is 24.6 Å². The number of benzene rings is 2. The summed E-state index contributed by atoms with van der Waals surface area (Å²) >= 11 is 7.51. The number of carbonyl (C=O) groups excluding carboxylic acids is 1. The number of amides is 1. The van der Waals surface area contributed by atoms with Crippen LogP contribution in [0.25, 0.3) is 5.69 Å². The van der Waals surface area contributed by atoms with E-state index in [1.165, 1.54) is 11.8 Å². The summed E-state index contributed by atoms with van der Waals surface area (Å²) in [4.78, 5) is 17.3. The van der Waals surface area contributed by atoms with Crippen molar-refractivity contribution in [1.29, 1.82) is 0 Å². The first kappa shape index (κ1) is 25.3. The van der Waals surface area contributed by atoms with E-state index in [-0.39, 0.29) is 23.2 Å². The molecule has 8 heteroatoms. The summed E-state index contributed by atoms with van der Waals surface area (Å²) in [5.74, 6) is 1.14. The van der Waals surface area contributed by atoms with E-state index in [2.05, 4.69) is 42.8 Å². The van der Waals surface area contributed by atoms with Crippen molar-refractivity contribution < 1.29 is 4.79 Å². The Morgan fingerprint density at radius 3 is 2.27 bits per heavy atom. The van der Waals surface area contributed by atoms with Gasteiger partial charge in [-0.25, -0.2) is 0 Å². The van der Waals surface area contributed by atoms with Crippen molar-refractivity contribution in [2.75, 3.05) is 19.8 Å². The summed E-state index contributed by atoms with van der Waals surface area (Å²) in [7, 11) is 4.01. The maximum atomic E-state index is 13.3. The van der Waals surface area contributed by atoms with Gasteiger partial charge in [-0.15, -0.1) is 10.2 Å². The van der Waals surface area contributed by atoms with E-state index >= 15 is 0 Å². The van der Waals surface area contributed by atoms with Gasteiger partial charge < -0.3 is 4.90 Å². The molecule has 1 unspecified atom stereocenters. The Labute approximate surface area is 205 Å². The van der Waals surface area contributed by atoms with E-state index in [0.717, 1.165) is 17.1 Å². The summed E-state index contributed by atoms with van der Waals surface area (Å²) in [6.07, 6.45) is 0. The topological polar surface area (TPSA) is 54.3 Å². The van der Waals surface area contributed by atoms with Crippen LogP contribution in [0.15, 0.2) is 59.8 Å². The first-order chi connectivity index (χ1) is 15.6. The summed E-state index contributed by atoms with van der Waals surface area (Å²) in [5.41, 5.74) is 1.72. The van der Waals surface area contributed by atoms with E-state index in [0.29, 0.717) is 16.7 Å². The molecule has 0 N–H and O–H groups in total. The third kappa shape index (κ3) is 6.37. The lowest BCUT2D eigenvalue weighted by Gasteiger charge is -2.36. The lowest BCUT2D eigenvalue weighted by Crippen LogP contribution is -2.45. The van der Waals surface area contributed by atoms with E-state index in [1.807, 2.05) is 78.2 Å². The van der Waals surface area contributed by atoms with Gasteiger partial charge in [0, 0.05) is 22.8 Å². The fourth-order valence-corrected chi connectivity index (χ4v) is 4.34. The average Bonchev–Trinajstić information content (AvgIpc) is 3.19. The van der Waals surface area contributed by atoms with Gasteiger partial charge in [0.05, 0.1) is 11.8 Å². The molecule has 176 valence electrons. The van der Waals surface area contributed by atoms with Gasteiger partial charge in [-0.3, -0.25) is 14.3 Å². The molecule has 0 aliphatic carbocycles. The molecule has 1 amide bonds. The monoisotopic (exact) mass is 485 g/mol. The number of thioether (sulfide) groups is 1. The first-order valence-corrected chi connectivity index (χ1v) is 12.3. The lowest BCUT2D eigenvalue weighted by atomic mass is 10.0. The molecule has 33 heavy (non-hydrogen) atoms. The maximum absolute atomic E-state index is 13.3. The van der Waals surface area contributed by atoms with E-state index in [9.17, 15) is 4.79 Å². The van der Waals surface area contributed by atoms with Crippen molar-refractivity contribution in [3.8, 4) is 5.69 Å². The molecule has 0 fully saturated rings. The molecule has 1 atom stereocenters. The van der Waals surface area contributed by atoms with Crippen LogP contribution in [0.3, 0.4) is 0 Å². The van der Waals surface area contributed by atoms with E-state index in [1.54, 1.807) is 0 Å². The zero-order valence-electron chi connectivity index (χ0n) is 20.1. The minimum atomic E-state index is -0.304. The largest absolute Gasteiger partial charge is 0.333 e. The highest BCUT2D eigenvalue weighted by Crippen LogP contribution is 2.28. The number of carbonyl (C=O) groups is 1. The first-order valence-electron chi connectivity index (χ1n) is 10.9. The Morgan fingerprint density at radius 2 is 1.70 bits per heavy atom. The molecule has 0 radical (unpaired) electrons. The Kier molecular flexibility index (Phi) is 8.21. The van der Waals surface area contributed by atoms with Crippen LogP contribution in [0.2, 0.25) is 5.02 Å². The molecule has 0 saturated heterocycles. The second kappa shape index (κ2) is 10.7. The summed E-state index contributed by atoms with van der Waals surface area (Å²) in [6.45, 7) is 8.83. The van der Waals surface area contributed by atoms with Gasteiger partial charge in [0.25, 0.3) is 0 Å². The Hall–Kier alpha value is -2.35. The van der Waals surface area contributed by atoms with Crippen molar-refractivity contribution in [3.63, 3.8) is 0 Å². The third-order valence-corrected chi connectivity index (χ3v) is 6.68. The molecule has 0 bridgehead atoms. The average molecular weight is 486 g/mol. The van der Waals surface area contributed by atoms with E-state index in [4.69, 9.17) is 11.6 Å². The van der Waals surface area contributed by atoms with Crippen LogP contribution in [0.5, 0.6) is 0 Å². The van der Waals surface area contributed by atoms with Crippen LogP contribution in [-0.2, 0) is 11.3 Å². The summed E-state index contributed by atoms with van der Waals surface area (Å²) < 4.78 is 2.01. The normalized spacial score (nSPS) is 12.7. The molecular weight excluding hydrogens is 454 g/mol. The molecule has 0 spiro atoms. The second-order valence-electron chi connectivity index (χ2n) is 9.22. The molecule has 2 aromatic carbocycles. The highest BCUT2D eigenvalue weighted by atomic mass is 35.5. The predicted molar refractivity (Wildman–Crippen MR) is 136 cm³/mol. The van der Waals surface area contributed by atoms with Crippen molar-refractivity contribution in [3.05, 3.63) is 71.0 Å². The standard InChI is InChI=1S/C25H32ClN5OS/c1-18(29(5)6)23-27-28-24(31(23)21-14-12-20(26)13-15-21)33-17-22(32)30(25(2,3)4)16-19-10-8-7-9-11-19/h7-15,18H,16-17H2,1-6H3. The van der Waals surface area contributed by atoms with Crippen LogP contribution < -0.4 is 0 Å². The fourth-order valence-electron chi connectivity index (χ4n) is 3.38. The van der Waals surface area contributed by atoms with Crippen molar-refractivity contribution >= 4 is 29.3 Å². The van der Waals surface area contributed by atoms with Crippen LogP contribution >= 0.6 is 23.4 Å². The van der Waals surface area contributed by atoms with Gasteiger partial charge in [0.15, 0.2) is 11.0 Å². The lowest BCUT2D eigenvalue weighted by molar-refractivity contribution is -0.133. The Bertz CT molecular complexity index is 1060. The van der Waals surface area contributed by atoms with Crippen molar-refractivity contribution in [2.45, 2.75) is 51.0 Å².